The van der Waals surface area contributed by atoms with Gasteiger partial charge in [0, 0.05) is 6.07 Å². The van der Waals surface area contributed by atoms with Crippen molar-refractivity contribution in [2.75, 3.05) is 13.1 Å². The highest BCUT2D eigenvalue weighted by molar-refractivity contribution is 5.80. The quantitative estimate of drug-likeness (QED) is 0.833. The van der Waals surface area contributed by atoms with Gasteiger partial charge in [0.15, 0.2) is 5.76 Å². The second-order valence-corrected chi connectivity index (χ2v) is 3.50. The van der Waals surface area contributed by atoms with Crippen molar-refractivity contribution in [3.63, 3.8) is 0 Å². The van der Waals surface area contributed by atoms with Gasteiger partial charge < -0.3 is 19.8 Å². The summed E-state index contributed by atoms with van der Waals surface area (Å²) in [7, 11) is 0. The van der Waals surface area contributed by atoms with Gasteiger partial charge in [0.2, 0.25) is 0 Å². The first-order chi connectivity index (χ1) is 8.78. The van der Waals surface area contributed by atoms with Gasteiger partial charge in [0.05, 0.1) is 12.7 Å². The fraction of sp³-hybridized carbons (Fsp3) is 0.444. The molecule has 0 aliphatic rings. The molecular formula is C9H10F3N3O4. The molecule has 0 atom stereocenters. The van der Waals surface area contributed by atoms with Gasteiger partial charge >= 0.3 is 18.2 Å². The van der Waals surface area contributed by atoms with E-state index in [1.54, 1.807) is 0 Å². The minimum Gasteiger partial charge on any atom is -0.480 e. The second kappa shape index (κ2) is 6.07. The van der Waals surface area contributed by atoms with Crippen molar-refractivity contribution in [1.29, 1.82) is 0 Å². The number of hydrogen-bond acceptors (Lipinski definition) is 4. The first-order valence-electron chi connectivity index (χ1n) is 4.99. The number of hydrogen-bond donors (Lipinski definition) is 2. The number of carbonyl (C=O) groups is 2. The van der Waals surface area contributed by atoms with E-state index in [-0.39, 0.29) is 17.2 Å². The molecule has 0 saturated heterocycles. The molecule has 106 valence electrons. The number of rotatable bonds is 5. The van der Waals surface area contributed by atoms with Gasteiger partial charge in [-0.3, -0.25) is 4.79 Å². The largest absolute Gasteiger partial charge is 0.480 e. The SMILES string of the molecule is O=C(O)CN(CC(F)(F)F)C(=O)NCc1ccno1. The Morgan fingerprint density at radius 3 is 2.63 bits per heavy atom. The Hall–Kier alpha value is -2.26. The molecule has 1 rings (SSSR count). The number of carboxylic acid groups (broad SMARTS) is 1. The summed E-state index contributed by atoms with van der Waals surface area (Å²) in [6.45, 7) is -2.89. The van der Waals surface area contributed by atoms with Crippen LogP contribution >= 0.6 is 0 Å². The third-order valence-corrected chi connectivity index (χ3v) is 1.89. The third-order valence-electron chi connectivity index (χ3n) is 1.89. The lowest BCUT2D eigenvalue weighted by Crippen LogP contribution is -2.46. The van der Waals surface area contributed by atoms with Gasteiger partial charge in [-0.25, -0.2) is 4.79 Å². The van der Waals surface area contributed by atoms with E-state index in [2.05, 4.69) is 15.0 Å². The number of aliphatic carboxylic acids is 1. The van der Waals surface area contributed by atoms with Crippen LogP contribution in [0.25, 0.3) is 0 Å². The second-order valence-electron chi connectivity index (χ2n) is 3.50. The van der Waals surface area contributed by atoms with Crippen LogP contribution in [0.15, 0.2) is 16.8 Å². The number of carbonyl (C=O) groups excluding carboxylic acids is 1. The number of alkyl halides is 3. The van der Waals surface area contributed by atoms with E-state index in [9.17, 15) is 22.8 Å². The first-order valence-corrected chi connectivity index (χ1v) is 4.99. The fourth-order valence-electron chi connectivity index (χ4n) is 1.19. The Morgan fingerprint density at radius 2 is 2.16 bits per heavy atom. The van der Waals surface area contributed by atoms with Crippen molar-refractivity contribution < 1.29 is 32.4 Å². The topological polar surface area (TPSA) is 95.7 Å². The van der Waals surface area contributed by atoms with Crippen LogP contribution in [0.2, 0.25) is 0 Å². The maximum atomic E-state index is 12.2. The Bertz CT molecular complexity index is 432. The zero-order valence-corrected chi connectivity index (χ0v) is 9.48. The molecule has 0 spiro atoms. The van der Waals surface area contributed by atoms with Crippen LogP contribution in [0.5, 0.6) is 0 Å². The number of nitrogens with one attached hydrogen (secondary N) is 1. The molecule has 0 aliphatic heterocycles. The van der Waals surface area contributed by atoms with Crippen LogP contribution < -0.4 is 5.32 Å². The van der Waals surface area contributed by atoms with E-state index in [4.69, 9.17) is 5.11 Å². The molecule has 10 heteroatoms. The van der Waals surface area contributed by atoms with Crippen LogP contribution in [0, 0.1) is 0 Å². The van der Waals surface area contributed by atoms with Gasteiger partial charge in [0.1, 0.15) is 13.1 Å². The molecule has 0 aromatic carbocycles. The predicted octanol–water partition coefficient (Wildman–Crippen LogP) is 0.833. The average Bonchev–Trinajstić information content (AvgIpc) is 2.75. The lowest BCUT2D eigenvalue weighted by molar-refractivity contribution is -0.148. The number of halogens is 3. The van der Waals surface area contributed by atoms with Gasteiger partial charge in [0.25, 0.3) is 0 Å². The third kappa shape index (κ3) is 5.75. The van der Waals surface area contributed by atoms with E-state index in [0.29, 0.717) is 0 Å². The van der Waals surface area contributed by atoms with Crippen LogP contribution in [0.4, 0.5) is 18.0 Å². The van der Waals surface area contributed by atoms with E-state index < -0.39 is 31.3 Å². The molecule has 0 aliphatic carbocycles. The molecule has 1 aromatic heterocycles. The number of urea groups is 1. The summed E-state index contributed by atoms with van der Waals surface area (Å²) in [5, 5.41) is 13.9. The van der Waals surface area contributed by atoms with E-state index in [1.807, 2.05) is 0 Å². The molecule has 19 heavy (non-hydrogen) atoms. The number of carboxylic acids is 1. The highest BCUT2D eigenvalue weighted by Gasteiger charge is 2.33. The van der Waals surface area contributed by atoms with Gasteiger partial charge in [-0.05, 0) is 0 Å². The summed E-state index contributed by atoms with van der Waals surface area (Å²) in [4.78, 5) is 22.0. The summed E-state index contributed by atoms with van der Waals surface area (Å²) in [5.74, 6) is -1.31. The smallest absolute Gasteiger partial charge is 0.406 e. The Kier molecular flexibility index (Phi) is 4.73. The molecule has 7 nitrogen and oxygen atoms in total. The molecule has 0 saturated carbocycles. The molecule has 0 fully saturated rings. The summed E-state index contributed by atoms with van der Waals surface area (Å²) >= 11 is 0. The molecule has 1 heterocycles. The average molecular weight is 281 g/mol. The maximum Gasteiger partial charge on any atom is 0.406 e. The fourth-order valence-corrected chi connectivity index (χ4v) is 1.19. The minimum atomic E-state index is -4.68. The van der Waals surface area contributed by atoms with Crippen molar-refractivity contribution in [1.82, 2.24) is 15.4 Å². The monoisotopic (exact) mass is 281 g/mol. The molecule has 0 bridgehead atoms. The predicted molar refractivity (Wildman–Crippen MR) is 54.0 cm³/mol. The summed E-state index contributed by atoms with van der Waals surface area (Å²) in [6, 6.07) is 0.252. The van der Waals surface area contributed by atoms with Crippen LogP contribution in [-0.2, 0) is 11.3 Å². The van der Waals surface area contributed by atoms with Gasteiger partial charge in [-0.1, -0.05) is 5.16 Å². The molecule has 0 unspecified atom stereocenters. The van der Waals surface area contributed by atoms with Crippen LogP contribution in [-0.4, -0.2) is 46.4 Å². The van der Waals surface area contributed by atoms with E-state index in [1.165, 1.54) is 12.3 Å². The summed E-state index contributed by atoms with van der Waals surface area (Å²) in [5.41, 5.74) is 0. The Balaban J connectivity index is 2.57. The van der Waals surface area contributed by atoms with Crippen molar-refractivity contribution in [2.45, 2.75) is 12.7 Å². The van der Waals surface area contributed by atoms with Gasteiger partial charge in [-0.15, -0.1) is 0 Å². The van der Waals surface area contributed by atoms with Crippen molar-refractivity contribution in [2.24, 2.45) is 0 Å². The lowest BCUT2D eigenvalue weighted by Gasteiger charge is -2.22. The van der Waals surface area contributed by atoms with Crippen LogP contribution in [0.1, 0.15) is 5.76 Å². The van der Waals surface area contributed by atoms with Crippen molar-refractivity contribution in [3.05, 3.63) is 18.0 Å². The first kappa shape index (κ1) is 14.8. The highest BCUT2D eigenvalue weighted by Crippen LogP contribution is 2.16. The van der Waals surface area contributed by atoms with E-state index in [0.717, 1.165) is 0 Å². The Morgan fingerprint density at radius 1 is 1.47 bits per heavy atom. The van der Waals surface area contributed by atoms with Crippen molar-refractivity contribution in [3.8, 4) is 0 Å². The molecular weight excluding hydrogens is 271 g/mol. The zero-order chi connectivity index (χ0) is 14.5. The Labute approximate surface area is 105 Å². The zero-order valence-electron chi connectivity index (χ0n) is 9.48. The minimum absolute atomic E-state index is 0.138. The normalized spacial score (nSPS) is 11.1. The standard InChI is InChI=1S/C9H10F3N3O4/c10-9(11,12)5-15(4-7(16)17)8(18)13-3-6-1-2-14-19-6/h1-2H,3-5H2,(H,13,18)(H,16,17). The number of amides is 2. The van der Waals surface area contributed by atoms with E-state index >= 15 is 0 Å². The maximum absolute atomic E-state index is 12.2. The summed E-state index contributed by atoms with van der Waals surface area (Å²) < 4.78 is 41.2. The summed E-state index contributed by atoms with van der Waals surface area (Å²) in [6.07, 6.45) is -3.38. The molecule has 2 amide bonds. The van der Waals surface area contributed by atoms with Crippen LogP contribution in [0.3, 0.4) is 0 Å². The number of aromatic nitrogens is 1. The number of nitrogens with zero attached hydrogens (tertiary/aromatic N) is 2. The highest BCUT2D eigenvalue weighted by atomic mass is 19.4. The molecule has 0 radical (unpaired) electrons. The van der Waals surface area contributed by atoms with Crippen molar-refractivity contribution >= 4 is 12.0 Å². The van der Waals surface area contributed by atoms with Gasteiger partial charge in [-0.2, -0.15) is 13.2 Å². The molecule has 2 N–H and O–H groups in total. The lowest BCUT2D eigenvalue weighted by atomic mass is 10.4. The molecule has 1 aromatic rings.